The molecule has 2 nitrogen and oxygen atoms in total. The van der Waals surface area contributed by atoms with E-state index in [-0.39, 0.29) is 0 Å². The fourth-order valence-electron chi connectivity index (χ4n) is 0.580. The minimum atomic E-state index is 0.856. The summed E-state index contributed by atoms with van der Waals surface area (Å²) in [4.78, 5) is 3.89. The van der Waals surface area contributed by atoms with Crippen LogP contribution in [0.4, 0.5) is 0 Å². The topological polar surface area (TPSA) is 22.1 Å². The number of methoxy groups -OCH3 is 1. The first-order valence-electron chi connectivity index (χ1n) is 2.58. The zero-order valence-corrected chi connectivity index (χ0v) is 6.32. The molecule has 0 N–H and O–H groups in total. The lowest BCUT2D eigenvalue weighted by Crippen LogP contribution is -1.97. The van der Waals surface area contributed by atoms with Gasteiger partial charge in [0.15, 0.2) is 0 Å². The van der Waals surface area contributed by atoms with E-state index < -0.39 is 0 Å². The Kier molecular flexibility index (Phi) is 2.01. The molecule has 0 fully saturated rings. The van der Waals surface area contributed by atoms with Gasteiger partial charge in [-0.2, -0.15) is 0 Å². The van der Waals surface area contributed by atoms with Gasteiger partial charge in [0.05, 0.1) is 7.11 Å². The van der Waals surface area contributed by atoms with E-state index >= 15 is 0 Å². The Labute approximate surface area is 56.5 Å². The van der Waals surface area contributed by atoms with Crippen LogP contribution in [0.3, 0.4) is 0 Å². The molecule has 0 aliphatic rings. The zero-order valence-electron chi connectivity index (χ0n) is 5.16. The lowest BCUT2D eigenvalue weighted by Gasteiger charge is -1.99. The number of aromatic nitrogens is 1. The van der Waals surface area contributed by atoms with Crippen molar-refractivity contribution in [3.63, 3.8) is 0 Å². The van der Waals surface area contributed by atoms with Gasteiger partial charge < -0.3 is 4.74 Å². The van der Waals surface area contributed by atoms with Gasteiger partial charge in [-0.1, -0.05) is 9.24 Å². The molecule has 0 amide bonds. The first kappa shape index (κ1) is 6.50. The van der Waals surface area contributed by atoms with E-state index in [4.69, 9.17) is 4.74 Å². The molecule has 0 saturated carbocycles. The monoisotopic (exact) mass is 141 g/mol. The number of rotatable bonds is 1. The van der Waals surface area contributed by atoms with Crippen LogP contribution in [0.5, 0.6) is 5.75 Å². The number of hydrogen-bond acceptors (Lipinski definition) is 2. The summed E-state index contributed by atoms with van der Waals surface area (Å²) < 4.78 is 4.98. The quantitative estimate of drug-likeness (QED) is 0.534. The minimum absolute atomic E-state index is 0.856. The Morgan fingerprint density at radius 3 is 2.89 bits per heavy atom. The molecule has 0 radical (unpaired) electrons. The maximum Gasteiger partial charge on any atom is 0.129 e. The van der Waals surface area contributed by atoms with Gasteiger partial charge in [-0.25, -0.2) is 0 Å². The van der Waals surface area contributed by atoms with Crippen molar-refractivity contribution >= 4 is 14.5 Å². The highest BCUT2D eigenvalue weighted by Crippen LogP contribution is 2.05. The van der Waals surface area contributed by atoms with Crippen LogP contribution >= 0.6 is 9.24 Å². The third-order valence-electron chi connectivity index (χ3n) is 1.03. The Morgan fingerprint density at radius 2 is 2.44 bits per heavy atom. The summed E-state index contributed by atoms with van der Waals surface area (Å²) >= 11 is 0. The van der Waals surface area contributed by atoms with Crippen LogP contribution in [-0.2, 0) is 0 Å². The second kappa shape index (κ2) is 2.79. The van der Waals surface area contributed by atoms with Crippen molar-refractivity contribution < 1.29 is 4.74 Å². The third-order valence-corrected chi connectivity index (χ3v) is 1.46. The molecule has 9 heavy (non-hydrogen) atoms. The largest absolute Gasteiger partial charge is 0.496 e. The van der Waals surface area contributed by atoms with E-state index in [9.17, 15) is 0 Å². The molecular formula is C6H8NOP. The molecule has 1 aromatic heterocycles. The Bertz CT molecular complexity index is 202. The predicted molar refractivity (Wildman–Crippen MR) is 40.1 cm³/mol. The summed E-state index contributed by atoms with van der Waals surface area (Å²) in [6, 6.07) is 1.82. The molecule has 1 unspecified atom stereocenters. The van der Waals surface area contributed by atoms with Crippen LogP contribution in [0.15, 0.2) is 18.5 Å². The van der Waals surface area contributed by atoms with Gasteiger partial charge in [0, 0.05) is 17.7 Å². The SMILES string of the molecule is COc1ccncc1P. The normalized spacial score (nSPS) is 9.11. The van der Waals surface area contributed by atoms with Crippen molar-refractivity contribution in [3.05, 3.63) is 18.5 Å². The smallest absolute Gasteiger partial charge is 0.129 e. The van der Waals surface area contributed by atoms with Gasteiger partial charge in [0.25, 0.3) is 0 Å². The molecule has 0 aliphatic heterocycles. The summed E-state index contributed by atoms with van der Waals surface area (Å²) in [7, 11) is 4.19. The summed E-state index contributed by atoms with van der Waals surface area (Å²) in [6.07, 6.45) is 3.44. The van der Waals surface area contributed by atoms with Crippen LogP contribution in [0.25, 0.3) is 0 Å². The van der Waals surface area contributed by atoms with Crippen LogP contribution < -0.4 is 10.0 Å². The predicted octanol–water partition coefficient (Wildman–Crippen LogP) is 0.591. The van der Waals surface area contributed by atoms with Crippen molar-refractivity contribution in [3.8, 4) is 5.75 Å². The van der Waals surface area contributed by atoms with E-state index in [1.165, 1.54) is 0 Å². The van der Waals surface area contributed by atoms with Gasteiger partial charge >= 0.3 is 0 Å². The molecule has 3 heteroatoms. The number of hydrogen-bond donors (Lipinski definition) is 0. The van der Waals surface area contributed by atoms with E-state index in [0.717, 1.165) is 11.1 Å². The molecule has 1 rings (SSSR count). The Balaban J connectivity index is 3.01. The summed E-state index contributed by atoms with van der Waals surface area (Å²) in [5.41, 5.74) is 0. The molecule has 0 saturated heterocycles. The summed E-state index contributed by atoms with van der Waals surface area (Å²) in [5, 5.41) is 0.986. The molecule has 1 aromatic rings. The molecule has 0 spiro atoms. The van der Waals surface area contributed by atoms with Crippen molar-refractivity contribution in [2.45, 2.75) is 0 Å². The Morgan fingerprint density at radius 1 is 1.67 bits per heavy atom. The van der Waals surface area contributed by atoms with Gasteiger partial charge in [-0.3, -0.25) is 4.98 Å². The average molecular weight is 141 g/mol. The fraction of sp³-hybridized carbons (Fsp3) is 0.167. The summed E-state index contributed by atoms with van der Waals surface area (Å²) in [5.74, 6) is 0.856. The maximum absolute atomic E-state index is 4.98. The van der Waals surface area contributed by atoms with Crippen molar-refractivity contribution in [2.75, 3.05) is 7.11 Å². The van der Waals surface area contributed by atoms with Crippen LogP contribution in [-0.4, -0.2) is 12.1 Å². The molecule has 48 valence electrons. The van der Waals surface area contributed by atoms with Gasteiger partial charge in [0.1, 0.15) is 5.75 Å². The van der Waals surface area contributed by atoms with Gasteiger partial charge in [0.2, 0.25) is 0 Å². The molecule has 1 atom stereocenters. The van der Waals surface area contributed by atoms with Crippen LogP contribution in [0, 0.1) is 0 Å². The van der Waals surface area contributed by atoms with Gasteiger partial charge in [-0.15, -0.1) is 0 Å². The maximum atomic E-state index is 4.98. The lowest BCUT2D eigenvalue weighted by atomic mass is 10.4. The van der Waals surface area contributed by atoms with E-state index in [2.05, 4.69) is 14.2 Å². The van der Waals surface area contributed by atoms with Crippen molar-refractivity contribution in [1.29, 1.82) is 0 Å². The summed E-state index contributed by atoms with van der Waals surface area (Å²) in [6.45, 7) is 0. The molecule has 0 aliphatic carbocycles. The van der Waals surface area contributed by atoms with Crippen molar-refractivity contribution in [2.24, 2.45) is 0 Å². The molecule has 1 heterocycles. The van der Waals surface area contributed by atoms with E-state index in [1.807, 2.05) is 6.07 Å². The number of ether oxygens (including phenoxy) is 1. The van der Waals surface area contributed by atoms with Crippen molar-refractivity contribution in [1.82, 2.24) is 4.98 Å². The highest BCUT2D eigenvalue weighted by molar-refractivity contribution is 7.27. The fourth-order valence-corrected chi connectivity index (χ4v) is 0.880. The highest BCUT2D eigenvalue weighted by Gasteiger charge is 1.92. The first-order valence-corrected chi connectivity index (χ1v) is 3.16. The number of nitrogens with zero attached hydrogens (tertiary/aromatic N) is 1. The second-order valence-electron chi connectivity index (χ2n) is 1.62. The molecule has 0 aromatic carbocycles. The van der Waals surface area contributed by atoms with E-state index in [0.29, 0.717) is 0 Å². The molecular weight excluding hydrogens is 133 g/mol. The zero-order chi connectivity index (χ0) is 6.69. The van der Waals surface area contributed by atoms with Crippen LogP contribution in [0.2, 0.25) is 0 Å². The lowest BCUT2D eigenvalue weighted by molar-refractivity contribution is 0.418. The minimum Gasteiger partial charge on any atom is -0.496 e. The van der Waals surface area contributed by atoms with Gasteiger partial charge in [-0.05, 0) is 6.07 Å². The van der Waals surface area contributed by atoms with Crippen LogP contribution in [0.1, 0.15) is 0 Å². The Hall–Kier alpha value is -0.620. The third kappa shape index (κ3) is 1.39. The standard InChI is InChI=1S/C6H8NOP/c1-8-5-2-3-7-4-6(5)9/h2-4H,9H2,1H3. The second-order valence-corrected chi connectivity index (χ2v) is 2.24. The first-order chi connectivity index (χ1) is 4.34. The highest BCUT2D eigenvalue weighted by atomic mass is 31.0. The number of pyridine rings is 1. The van der Waals surface area contributed by atoms with E-state index in [1.54, 1.807) is 19.5 Å². The average Bonchev–Trinajstić information content (AvgIpc) is 1.89. The molecule has 0 bridgehead atoms.